The summed E-state index contributed by atoms with van der Waals surface area (Å²) in [5.74, 6) is 0.434. The van der Waals surface area contributed by atoms with Crippen LogP contribution in [0.2, 0.25) is 0 Å². The highest BCUT2D eigenvalue weighted by atomic mass is 32.2. The number of hydrogen-bond donors (Lipinski definition) is 1. The third kappa shape index (κ3) is 2.90. The molecule has 22 heavy (non-hydrogen) atoms. The Kier molecular flexibility index (Phi) is 3.76. The number of rotatable bonds is 4. The maximum Gasteiger partial charge on any atom is 0.263 e. The largest absolute Gasteiger partial charge is 0.264 e. The van der Waals surface area contributed by atoms with Crippen molar-refractivity contribution in [3.8, 4) is 10.6 Å². The molecule has 0 fully saturated rings. The van der Waals surface area contributed by atoms with Crippen LogP contribution in [0.15, 0.2) is 52.7 Å². The summed E-state index contributed by atoms with van der Waals surface area (Å²) in [5, 5.41) is 6.30. The Morgan fingerprint density at radius 1 is 1.18 bits per heavy atom. The van der Waals surface area contributed by atoms with Gasteiger partial charge < -0.3 is 0 Å². The zero-order valence-electron chi connectivity index (χ0n) is 12.1. The van der Waals surface area contributed by atoms with E-state index in [0.717, 1.165) is 16.1 Å². The second kappa shape index (κ2) is 5.58. The fourth-order valence-electron chi connectivity index (χ4n) is 2.02. The summed E-state index contributed by atoms with van der Waals surface area (Å²) < 4.78 is 28.9. The van der Waals surface area contributed by atoms with Crippen LogP contribution in [0.3, 0.4) is 0 Å². The first kappa shape index (κ1) is 14.8. The molecule has 7 heteroatoms. The third-order valence-electron chi connectivity index (χ3n) is 3.22. The molecule has 0 aliphatic rings. The van der Waals surface area contributed by atoms with Crippen molar-refractivity contribution in [2.75, 3.05) is 4.72 Å². The summed E-state index contributed by atoms with van der Waals surface area (Å²) >= 11 is 1.56. The number of thiophene rings is 1. The third-order valence-corrected chi connectivity index (χ3v) is 5.49. The van der Waals surface area contributed by atoms with Gasteiger partial charge in [0.05, 0.1) is 9.77 Å². The van der Waals surface area contributed by atoms with Crippen LogP contribution in [0.5, 0.6) is 0 Å². The van der Waals surface area contributed by atoms with Gasteiger partial charge in [-0.15, -0.1) is 11.3 Å². The SMILES string of the molecule is Cc1ccc(S(=O)(=O)Nc2cc(-c3cccs3)nn2C)cc1. The lowest BCUT2D eigenvalue weighted by atomic mass is 10.2. The highest BCUT2D eigenvalue weighted by Crippen LogP contribution is 2.26. The van der Waals surface area contributed by atoms with Crippen molar-refractivity contribution in [2.45, 2.75) is 11.8 Å². The van der Waals surface area contributed by atoms with Crippen molar-refractivity contribution in [3.63, 3.8) is 0 Å². The summed E-state index contributed by atoms with van der Waals surface area (Å²) in [4.78, 5) is 1.23. The van der Waals surface area contributed by atoms with Crippen molar-refractivity contribution >= 4 is 27.2 Å². The molecule has 3 rings (SSSR count). The standard InChI is InChI=1S/C15H15N3O2S2/c1-11-5-7-12(8-6-11)22(19,20)17-15-10-13(16-18(15)2)14-4-3-9-21-14/h3-10,17H,1-2H3. The van der Waals surface area contributed by atoms with E-state index < -0.39 is 10.0 Å². The average Bonchev–Trinajstić information content (AvgIpc) is 3.10. The number of aryl methyl sites for hydroxylation is 2. The number of hydrogen-bond acceptors (Lipinski definition) is 4. The van der Waals surface area contributed by atoms with Crippen LogP contribution in [0.1, 0.15) is 5.56 Å². The van der Waals surface area contributed by atoms with Gasteiger partial charge in [0.1, 0.15) is 11.5 Å². The van der Waals surface area contributed by atoms with Crippen molar-refractivity contribution in [2.24, 2.45) is 7.05 Å². The van der Waals surface area contributed by atoms with Gasteiger partial charge in [-0.1, -0.05) is 23.8 Å². The van der Waals surface area contributed by atoms with E-state index in [-0.39, 0.29) is 4.90 Å². The summed E-state index contributed by atoms with van der Waals surface area (Å²) in [5.41, 5.74) is 1.76. The lowest BCUT2D eigenvalue weighted by molar-refractivity contribution is 0.600. The van der Waals surface area contributed by atoms with E-state index in [9.17, 15) is 8.42 Å². The molecule has 114 valence electrons. The minimum Gasteiger partial charge on any atom is -0.264 e. The van der Waals surface area contributed by atoms with Crippen LogP contribution < -0.4 is 4.72 Å². The number of nitrogens with zero attached hydrogens (tertiary/aromatic N) is 2. The van der Waals surface area contributed by atoms with Gasteiger partial charge in [-0.05, 0) is 30.5 Å². The minimum atomic E-state index is -3.62. The Bertz CT molecular complexity index is 880. The van der Waals surface area contributed by atoms with Crippen LogP contribution in [-0.2, 0) is 17.1 Å². The lowest BCUT2D eigenvalue weighted by Gasteiger charge is -2.07. The molecule has 0 saturated heterocycles. The topological polar surface area (TPSA) is 64.0 Å². The molecule has 0 saturated carbocycles. The summed E-state index contributed by atoms with van der Waals surface area (Å²) in [6.07, 6.45) is 0. The Hall–Kier alpha value is -2.12. The molecule has 0 bridgehead atoms. The normalized spacial score (nSPS) is 11.5. The molecule has 5 nitrogen and oxygen atoms in total. The predicted molar refractivity (Wildman–Crippen MR) is 88.5 cm³/mol. The molecule has 1 aromatic carbocycles. The first-order chi connectivity index (χ1) is 10.5. The molecular formula is C15H15N3O2S2. The van der Waals surface area contributed by atoms with Gasteiger partial charge in [-0.25, -0.2) is 8.42 Å². The van der Waals surface area contributed by atoms with Crippen LogP contribution in [0.25, 0.3) is 10.6 Å². The van der Waals surface area contributed by atoms with Gasteiger partial charge in [0.25, 0.3) is 10.0 Å². The van der Waals surface area contributed by atoms with Gasteiger partial charge in [-0.3, -0.25) is 9.40 Å². The fraction of sp³-hybridized carbons (Fsp3) is 0.133. The van der Waals surface area contributed by atoms with Crippen LogP contribution >= 0.6 is 11.3 Å². The van der Waals surface area contributed by atoms with Gasteiger partial charge in [0.15, 0.2) is 0 Å². The van der Waals surface area contributed by atoms with E-state index in [1.165, 1.54) is 4.68 Å². The monoisotopic (exact) mass is 333 g/mol. The van der Waals surface area contributed by atoms with E-state index >= 15 is 0 Å². The molecule has 0 spiro atoms. The zero-order chi connectivity index (χ0) is 15.7. The van der Waals surface area contributed by atoms with Crippen LogP contribution in [0.4, 0.5) is 5.82 Å². The van der Waals surface area contributed by atoms with Gasteiger partial charge in [0.2, 0.25) is 0 Å². The van der Waals surface area contributed by atoms with Crippen molar-refractivity contribution in [1.82, 2.24) is 9.78 Å². The Morgan fingerprint density at radius 2 is 1.91 bits per heavy atom. The molecule has 3 aromatic rings. The van der Waals surface area contributed by atoms with Crippen LogP contribution in [-0.4, -0.2) is 18.2 Å². The van der Waals surface area contributed by atoms with Gasteiger partial charge in [0, 0.05) is 13.1 Å². The molecule has 0 atom stereocenters. The summed E-state index contributed by atoms with van der Waals surface area (Å²) in [6.45, 7) is 1.91. The summed E-state index contributed by atoms with van der Waals surface area (Å²) in [6, 6.07) is 12.3. The molecule has 0 aliphatic heterocycles. The predicted octanol–water partition coefficient (Wildman–Crippen LogP) is 3.26. The smallest absolute Gasteiger partial charge is 0.263 e. The fourth-order valence-corrected chi connectivity index (χ4v) is 3.78. The van der Waals surface area contributed by atoms with Crippen molar-refractivity contribution in [3.05, 3.63) is 53.4 Å². The highest BCUT2D eigenvalue weighted by Gasteiger charge is 2.17. The van der Waals surface area contributed by atoms with Gasteiger partial charge >= 0.3 is 0 Å². The zero-order valence-corrected chi connectivity index (χ0v) is 13.8. The second-order valence-corrected chi connectivity index (χ2v) is 7.56. The first-order valence-electron chi connectivity index (χ1n) is 6.63. The Morgan fingerprint density at radius 3 is 2.55 bits per heavy atom. The number of nitrogens with one attached hydrogen (secondary N) is 1. The molecule has 2 aromatic heterocycles. The van der Waals surface area contributed by atoms with E-state index in [2.05, 4.69) is 9.82 Å². The van der Waals surface area contributed by atoms with E-state index in [1.54, 1.807) is 48.7 Å². The Labute approximate surface area is 133 Å². The first-order valence-corrected chi connectivity index (χ1v) is 8.99. The second-order valence-electron chi connectivity index (χ2n) is 4.93. The van der Waals surface area contributed by atoms with Crippen molar-refractivity contribution < 1.29 is 8.42 Å². The molecule has 0 unspecified atom stereocenters. The lowest BCUT2D eigenvalue weighted by Crippen LogP contribution is -2.15. The van der Waals surface area contributed by atoms with E-state index in [4.69, 9.17) is 0 Å². The number of aromatic nitrogens is 2. The molecular weight excluding hydrogens is 318 g/mol. The molecule has 0 radical (unpaired) electrons. The van der Waals surface area contributed by atoms with E-state index in [0.29, 0.717) is 5.82 Å². The average molecular weight is 333 g/mol. The minimum absolute atomic E-state index is 0.233. The number of sulfonamides is 1. The number of anilines is 1. The quantitative estimate of drug-likeness (QED) is 0.797. The molecule has 0 aliphatic carbocycles. The van der Waals surface area contributed by atoms with E-state index in [1.807, 2.05) is 24.4 Å². The van der Waals surface area contributed by atoms with Gasteiger partial charge in [-0.2, -0.15) is 5.10 Å². The maximum atomic E-state index is 12.4. The highest BCUT2D eigenvalue weighted by molar-refractivity contribution is 7.92. The molecule has 2 heterocycles. The summed E-state index contributed by atoms with van der Waals surface area (Å²) in [7, 11) is -1.90. The van der Waals surface area contributed by atoms with Crippen molar-refractivity contribution in [1.29, 1.82) is 0 Å². The Balaban J connectivity index is 1.91. The maximum absolute atomic E-state index is 12.4. The number of benzene rings is 1. The van der Waals surface area contributed by atoms with Crippen LogP contribution in [0, 0.1) is 6.92 Å². The molecule has 0 amide bonds. The molecule has 1 N–H and O–H groups in total.